The van der Waals surface area contributed by atoms with Crippen molar-refractivity contribution in [2.45, 2.75) is 25.3 Å². The Morgan fingerprint density at radius 1 is 1.20 bits per heavy atom. The van der Waals surface area contributed by atoms with Crippen LogP contribution in [0.15, 0.2) is 36.4 Å². The average Bonchev–Trinajstić information content (AvgIpc) is 3.22. The van der Waals surface area contributed by atoms with Crippen molar-refractivity contribution in [1.82, 2.24) is 15.2 Å². The van der Waals surface area contributed by atoms with Crippen LogP contribution in [0, 0.1) is 0 Å². The van der Waals surface area contributed by atoms with Gasteiger partial charge in [0.2, 0.25) is 0 Å². The second kappa shape index (κ2) is 8.32. The van der Waals surface area contributed by atoms with Gasteiger partial charge in [0.05, 0.1) is 20.2 Å². The molecule has 3 heterocycles. The van der Waals surface area contributed by atoms with Crippen molar-refractivity contribution < 1.29 is 14.3 Å². The number of aromatic nitrogens is 1. The molecule has 1 saturated heterocycles. The molecule has 0 atom stereocenters. The predicted molar refractivity (Wildman–Crippen MR) is 118 cm³/mol. The molecule has 3 aromatic rings. The summed E-state index contributed by atoms with van der Waals surface area (Å²) < 4.78 is 12.4. The van der Waals surface area contributed by atoms with Crippen LogP contribution in [0.5, 0.6) is 11.5 Å². The molecular weight excluding hydrogens is 422 g/mol. The van der Waals surface area contributed by atoms with Crippen LogP contribution >= 0.6 is 22.9 Å². The lowest BCUT2D eigenvalue weighted by Gasteiger charge is -2.31. The molecule has 2 aromatic carbocycles. The van der Waals surface area contributed by atoms with Crippen LogP contribution in [-0.4, -0.2) is 42.2 Å². The minimum Gasteiger partial charge on any atom is -0.486 e. The van der Waals surface area contributed by atoms with E-state index in [0.717, 1.165) is 37.0 Å². The van der Waals surface area contributed by atoms with Crippen molar-refractivity contribution >= 4 is 39.2 Å². The van der Waals surface area contributed by atoms with Gasteiger partial charge in [0.25, 0.3) is 0 Å². The van der Waals surface area contributed by atoms with E-state index in [1.807, 2.05) is 29.2 Å². The summed E-state index contributed by atoms with van der Waals surface area (Å²) in [6.45, 7) is 2.86. The quantitative estimate of drug-likeness (QED) is 0.631. The lowest BCUT2D eigenvalue weighted by Crippen LogP contribution is -2.43. The fraction of sp³-hybridized carbons (Fsp3) is 0.364. The first-order valence-corrected chi connectivity index (χ1v) is 11.3. The molecule has 1 aromatic heterocycles. The van der Waals surface area contributed by atoms with Crippen molar-refractivity contribution in [3.05, 3.63) is 52.0 Å². The number of rotatable bonds is 3. The number of carbonyl (C=O) groups excluding carboxylic acids is 1. The highest BCUT2D eigenvalue weighted by Gasteiger charge is 2.26. The van der Waals surface area contributed by atoms with Gasteiger partial charge in [-0.05, 0) is 42.7 Å². The van der Waals surface area contributed by atoms with E-state index in [1.165, 1.54) is 9.71 Å². The minimum absolute atomic E-state index is 0.0521. The van der Waals surface area contributed by atoms with E-state index in [1.54, 1.807) is 11.3 Å². The molecule has 1 N–H and O–H groups in total. The van der Waals surface area contributed by atoms with E-state index in [2.05, 4.69) is 17.4 Å². The number of hydrogen-bond acceptors (Lipinski definition) is 5. The van der Waals surface area contributed by atoms with Gasteiger partial charge in [-0.2, -0.15) is 0 Å². The Morgan fingerprint density at radius 2 is 2.00 bits per heavy atom. The molecule has 0 aliphatic carbocycles. The summed E-state index contributed by atoms with van der Waals surface area (Å²) in [6, 6.07) is 11.9. The molecule has 2 amide bonds. The summed E-state index contributed by atoms with van der Waals surface area (Å²) >= 11 is 8.05. The number of fused-ring (bicyclic) bond motifs is 2. The lowest BCUT2D eigenvalue weighted by atomic mass is 9.98. The highest BCUT2D eigenvalue weighted by Crippen LogP contribution is 2.38. The topological polar surface area (TPSA) is 63.7 Å². The van der Waals surface area contributed by atoms with Gasteiger partial charge in [-0.1, -0.05) is 23.7 Å². The smallest absolute Gasteiger partial charge is 0.317 e. The molecular formula is C22H22ClN3O3S. The number of thiazole rings is 1. The molecule has 0 unspecified atom stereocenters. The summed E-state index contributed by atoms with van der Waals surface area (Å²) in [5.74, 6) is 1.63. The van der Waals surface area contributed by atoms with E-state index in [4.69, 9.17) is 26.1 Å². The molecule has 0 saturated carbocycles. The molecule has 6 nitrogen and oxygen atoms in total. The van der Waals surface area contributed by atoms with Gasteiger partial charge in [-0.3, -0.25) is 0 Å². The summed E-state index contributed by atoms with van der Waals surface area (Å²) in [5, 5.41) is 4.69. The summed E-state index contributed by atoms with van der Waals surface area (Å²) in [5.41, 5.74) is 1.96. The number of nitrogens with zero attached hydrogens (tertiary/aromatic N) is 2. The zero-order chi connectivity index (χ0) is 20.5. The van der Waals surface area contributed by atoms with Crippen molar-refractivity contribution in [3.63, 3.8) is 0 Å². The maximum Gasteiger partial charge on any atom is 0.317 e. The highest BCUT2D eigenvalue weighted by molar-refractivity contribution is 7.18. The number of hydrogen-bond donors (Lipinski definition) is 1. The van der Waals surface area contributed by atoms with Gasteiger partial charge in [-0.25, -0.2) is 9.78 Å². The Hall–Kier alpha value is -2.51. The first kappa shape index (κ1) is 19.5. The summed E-state index contributed by atoms with van der Waals surface area (Å²) in [6.07, 6.45) is 1.87. The standard InChI is InChI=1S/C22H22ClN3O3S/c23-16-11-14(12-18-20(16)29-10-9-28-18)13-24-22(27)26-7-5-15(6-8-26)21-25-17-3-1-2-4-19(17)30-21/h1-4,11-12,15H,5-10,13H2,(H,24,27). The van der Waals surface area contributed by atoms with Gasteiger partial charge in [0, 0.05) is 25.6 Å². The molecule has 0 radical (unpaired) electrons. The number of halogens is 1. The lowest BCUT2D eigenvalue weighted by molar-refractivity contribution is 0.171. The van der Waals surface area contributed by atoms with Crippen molar-refractivity contribution in [3.8, 4) is 11.5 Å². The largest absolute Gasteiger partial charge is 0.486 e. The Bertz CT molecular complexity index is 1050. The highest BCUT2D eigenvalue weighted by atomic mass is 35.5. The fourth-order valence-electron chi connectivity index (χ4n) is 3.95. The molecule has 0 bridgehead atoms. The first-order chi connectivity index (χ1) is 14.7. The number of carbonyl (C=O) groups is 1. The van der Waals surface area contributed by atoms with E-state index in [-0.39, 0.29) is 6.03 Å². The number of ether oxygens (including phenoxy) is 2. The van der Waals surface area contributed by atoms with Crippen LogP contribution in [0.4, 0.5) is 4.79 Å². The number of para-hydroxylation sites is 1. The van der Waals surface area contributed by atoms with E-state index in [9.17, 15) is 4.79 Å². The first-order valence-electron chi connectivity index (χ1n) is 10.1. The van der Waals surface area contributed by atoms with Gasteiger partial charge < -0.3 is 19.7 Å². The SMILES string of the molecule is O=C(NCc1cc(Cl)c2c(c1)OCCO2)N1CCC(c2nc3ccccc3s2)CC1. The monoisotopic (exact) mass is 443 g/mol. The third-order valence-corrected chi connectivity index (χ3v) is 7.02. The molecule has 30 heavy (non-hydrogen) atoms. The van der Waals surface area contributed by atoms with Gasteiger partial charge in [0.1, 0.15) is 13.2 Å². The minimum atomic E-state index is -0.0521. The third kappa shape index (κ3) is 3.91. The molecule has 8 heteroatoms. The van der Waals surface area contributed by atoms with Crippen molar-refractivity contribution in [2.24, 2.45) is 0 Å². The maximum atomic E-state index is 12.6. The van der Waals surface area contributed by atoms with Gasteiger partial charge in [-0.15, -0.1) is 11.3 Å². The normalized spacial score (nSPS) is 16.6. The van der Waals surface area contributed by atoms with Crippen LogP contribution in [0.1, 0.15) is 29.3 Å². The number of piperidine rings is 1. The summed E-state index contributed by atoms with van der Waals surface area (Å²) in [4.78, 5) is 19.3. The van der Waals surface area contributed by atoms with Gasteiger partial charge >= 0.3 is 6.03 Å². The van der Waals surface area contributed by atoms with E-state index >= 15 is 0 Å². The Kier molecular flexibility index (Phi) is 5.39. The molecule has 2 aliphatic rings. The summed E-state index contributed by atoms with van der Waals surface area (Å²) in [7, 11) is 0. The van der Waals surface area contributed by atoms with Crippen molar-refractivity contribution in [1.29, 1.82) is 0 Å². The van der Waals surface area contributed by atoms with Crippen LogP contribution in [-0.2, 0) is 6.54 Å². The molecule has 156 valence electrons. The van der Waals surface area contributed by atoms with Crippen LogP contribution in [0.3, 0.4) is 0 Å². The second-order valence-corrected chi connectivity index (χ2v) is 9.01. The Labute approximate surface area is 183 Å². The van der Waals surface area contributed by atoms with Gasteiger partial charge in [0.15, 0.2) is 11.5 Å². The number of nitrogens with one attached hydrogen (secondary N) is 1. The van der Waals surface area contributed by atoms with Crippen molar-refractivity contribution in [2.75, 3.05) is 26.3 Å². The number of urea groups is 1. The zero-order valence-corrected chi connectivity index (χ0v) is 18.0. The fourth-order valence-corrected chi connectivity index (χ4v) is 5.37. The molecule has 1 fully saturated rings. The van der Waals surface area contributed by atoms with E-state index < -0.39 is 0 Å². The molecule has 0 spiro atoms. The second-order valence-electron chi connectivity index (χ2n) is 7.54. The molecule has 5 rings (SSSR count). The zero-order valence-electron chi connectivity index (χ0n) is 16.4. The Morgan fingerprint density at radius 3 is 2.83 bits per heavy atom. The number of likely N-dealkylation sites (tertiary alicyclic amines) is 1. The van der Waals surface area contributed by atoms with Crippen LogP contribution in [0.25, 0.3) is 10.2 Å². The van der Waals surface area contributed by atoms with E-state index in [0.29, 0.717) is 42.2 Å². The molecule has 2 aliphatic heterocycles. The number of amides is 2. The average molecular weight is 444 g/mol. The van der Waals surface area contributed by atoms with Crippen LogP contribution in [0.2, 0.25) is 5.02 Å². The number of benzene rings is 2. The maximum absolute atomic E-state index is 12.6. The third-order valence-electron chi connectivity index (χ3n) is 5.54. The predicted octanol–water partition coefficient (Wildman–Crippen LogP) is 4.81. The Balaban J connectivity index is 1.17. The van der Waals surface area contributed by atoms with Crippen LogP contribution < -0.4 is 14.8 Å².